The standard InChI is InChI=1S/C20H13F3N2O4/c21-20(22,23)28-15-7-5-13(6-8-15)24-19(26)11-14-10-18(29-25-14)17-9-12-3-1-2-4-16(12)27-17/h1-10H,11H2,(H,24,26). The summed E-state index contributed by atoms with van der Waals surface area (Å²) in [5.41, 5.74) is 1.41. The fourth-order valence-corrected chi connectivity index (χ4v) is 2.72. The Bertz CT molecular complexity index is 1110. The topological polar surface area (TPSA) is 77.5 Å². The summed E-state index contributed by atoms with van der Waals surface area (Å²) in [4.78, 5) is 12.2. The number of hydrogen-bond acceptors (Lipinski definition) is 5. The van der Waals surface area contributed by atoms with Crippen LogP contribution in [0.2, 0.25) is 0 Å². The average molecular weight is 402 g/mol. The van der Waals surface area contributed by atoms with Crippen LogP contribution in [0.15, 0.2) is 69.6 Å². The van der Waals surface area contributed by atoms with Crippen molar-refractivity contribution in [1.29, 1.82) is 0 Å². The summed E-state index contributed by atoms with van der Waals surface area (Å²) in [7, 11) is 0. The van der Waals surface area contributed by atoms with E-state index in [0.29, 0.717) is 28.5 Å². The lowest BCUT2D eigenvalue weighted by Crippen LogP contribution is -2.17. The van der Waals surface area contributed by atoms with Crippen LogP contribution in [-0.4, -0.2) is 17.4 Å². The molecule has 0 aliphatic rings. The molecule has 1 N–H and O–H groups in total. The minimum absolute atomic E-state index is 0.0788. The Morgan fingerprint density at radius 3 is 2.52 bits per heavy atom. The number of furan rings is 1. The Balaban J connectivity index is 1.39. The van der Waals surface area contributed by atoms with E-state index >= 15 is 0 Å². The molecular formula is C20H13F3N2O4. The Kier molecular flexibility index (Phi) is 4.71. The van der Waals surface area contributed by atoms with Gasteiger partial charge >= 0.3 is 6.36 Å². The van der Waals surface area contributed by atoms with Crippen molar-refractivity contribution in [2.45, 2.75) is 12.8 Å². The number of nitrogens with zero attached hydrogens (tertiary/aromatic N) is 1. The van der Waals surface area contributed by atoms with Gasteiger partial charge in [0.05, 0.1) is 12.1 Å². The normalized spacial score (nSPS) is 11.6. The van der Waals surface area contributed by atoms with E-state index in [2.05, 4.69) is 15.2 Å². The minimum atomic E-state index is -4.77. The van der Waals surface area contributed by atoms with Crippen molar-refractivity contribution in [2.24, 2.45) is 0 Å². The number of amides is 1. The third-order valence-corrected chi connectivity index (χ3v) is 3.94. The van der Waals surface area contributed by atoms with Crippen molar-refractivity contribution in [2.75, 3.05) is 5.32 Å². The number of ether oxygens (including phenoxy) is 1. The van der Waals surface area contributed by atoms with E-state index in [1.165, 1.54) is 12.1 Å². The Morgan fingerprint density at radius 2 is 1.79 bits per heavy atom. The predicted molar refractivity (Wildman–Crippen MR) is 97.2 cm³/mol. The van der Waals surface area contributed by atoms with Gasteiger partial charge in [0.1, 0.15) is 11.3 Å². The smallest absolute Gasteiger partial charge is 0.453 e. The zero-order valence-corrected chi connectivity index (χ0v) is 14.7. The largest absolute Gasteiger partial charge is 0.573 e. The zero-order valence-electron chi connectivity index (χ0n) is 14.7. The molecule has 9 heteroatoms. The summed E-state index contributed by atoms with van der Waals surface area (Å²) < 4.78 is 51.2. The third kappa shape index (κ3) is 4.57. The number of aromatic nitrogens is 1. The maximum atomic E-state index is 12.2. The lowest BCUT2D eigenvalue weighted by molar-refractivity contribution is -0.274. The van der Waals surface area contributed by atoms with Gasteiger partial charge in [-0.2, -0.15) is 0 Å². The van der Waals surface area contributed by atoms with Gasteiger partial charge in [-0.25, -0.2) is 0 Å². The number of para-hydroxylation sites is 1. The molecule has 0 unspecified atom stereocenters. The molecule has 4 aromatic rings. The summed E-state index contributed by atoms with van der Waals surface area (Å²) >= 11 is 0. The number of hydrogen-bond donors (Lipinski definition) is 1. The fourth-order valence-electron chi connectivity index (χ4n) is 2.72. The highest BCUT2D eigenvalue weighted by molar-refractivity contribution is 5.92. The highest BCUT2D eigenvalue weighted by Crippen LogP contribution is 2.28. The first-order valence-corrected chi connectivity index (χ1v) is 8.46. The molecule has 0 radical (unpaired) electrons. The van der Waals surface area contributed by atoms with Crippen molar-refractivity contribution in [3.63, 3.8) is 0 Å². The first-order chi connectivity index (χ1) is 13.9. The van der Waals surface area contributed by atoms with Crippen LogP contribution in [-0.2, 0) is 11.2 Å². The first-order valence-electron chi connectivity index (χ1n) is 8.46. The van der Waals surface area contributed by atoms with Crippen molar-refractivity contribution < 1.29 is 31.6 Å². The molecule has 0 atom stereocenters. The lowest BCUT2D eigenvalue weighted by Gasteiger charge is -2.09. The minimum Gasteiger partial charge on any atom is -0.453 e. The van der Waals surface area contributed by atoms with E-state index in [0.717, 1.165) is 17.5 Å². The molecule has 6 nitrogen and oxygen atoms in total. The van der Waals surface area contributed by atoms with Crippen LogP contribution in [0.3, 0.4) is 0 Å². The number of benzene rings is 2. The van der Waals surface area contributed by atoms with E-state index in [1.54, 1.807) is 6.07 Å². The Labute approximate surface area is 161 Å². The number of fused-ring (bicyclic) bond motifs is 1. The molecule has 29 heavy (non-hydrogen) atoms. The first kappa shape index (κ1) is 18.6. The summed E-state index contributed by atoms with van der Waals surface area (Å²) in [6.07, 6.45) is -4.85. The average Bonchev–Trinajstić information content (AvgIpc) is 3.28. The Hall–Kier alpha value is -3.75. The maximum Gasteiger partial charge on any atom is 0.573 e. The molecule has 0 bridgehead atoms. The molecule has 0 aliphatic heterocycles. The van der Waals surface area contributed by atoms with Crippen molar-refractivity contribution in [3.05, 3.63) is 66.4 Å². The number of rotatable bonds is 5. The summed E-state index contributed by atoms with van der Waals surface area (Å²) in [5, 5.41) is 7.34. The lowest BCUT2D eigenvalue weighted by atomic mass is 10.2. The van der Waals surface area contributed by atoms with Crippen molar-refractivity contribution in [1.82, 2.24) is 5.16 Å². The number of carbonyl (C=O) groups excluding carboxylic acids is 1. The molecule has 4 rings (SSSR count). The number of anilines is 1. The van der Waals surface area contributed by atoms with E-state index in [1.807, 2.05) is 30.3 Å². The summed E-state index contributed by atoms with van der Waals surface area (Å²) in [6.45, 7) is 0. The van der Waals surface area contributed by atoms with Crippen LogP contribution in [0.1, 0.15) is 5.69 Å². The van der Waals surface area contributed by atoms with Gasteiger partial charge in [-0.05, 0) is 36.4 Å². The SMILES string of the molecule is O=C(Cc1cc(-c2cc3ccccc3o2)on1)Nc1ccc(OC(F)(F)F)cc1. The second-order valence-electron chi connectivity index (χ2n) is 6.13. The van der Waals surface area contributed by atoms with Crippen LogP contribution in [0, 0.1) is 0 Å². The monoisotopic (exact) mass is 402 g/mol. The second-order valence-corrected chi connectivity index (χ2v) is 6.13. The third-order valence-electron chi connectivity index (χ3n) is 3.94. The van der Waals surface area contributed by atoms with E-state index in [9.17, 15) is 18.0 Å². The molecule has 0 aliphatic carbocycles. The fraction of sp³-hybridized carbons (Fsp3) is 0.100. The molecule has 2 heterocycles. The van der Waals surface area contributed by atoms with Gasteiger partial charge in [0.2, 0.25) is 11.7 Å². The number of carbonyl (C=O) groups is 1. The second kappa shape index (κ2) is 7.34. The Morgan fingerprint density at radius 1 is 1.03 bits per heavy atom. The molecule has 0 saturated heterocycles. The van der Waals surface area contributed by atoms with E-state index < -0.39 is 12.3 Å². The van der Waals surface area contributed by atoms with Gasteiger partial charge in [0, 0.05) is 17.1 Å². The summed E-state index contributed by atoms with van der Waals surface area (Å²) in [6, 6.07) is 15.7. The van der Waals surface area contributed by atoms with Crippen LogP contribution in [0.4, 0.5) is 18.9 Å². The number of halogens is 3. The van der Waals surface area contributed by atoms with Crippen molar-refractivity contribution in [3.8, 4) is 17.3 Å². The highest BCUT2D eigenvalue weighted by atomic mass is 19.4. The van der Waals surface area contributed by atoms with Gasteiger partial charge in [-0.3, -0.25) is 4.79 Å². The van der Waals surface area contributed by atoms with Crippen LogP contribution in [0.25, 0.3) is 22.5 Å². The van der Waals surface area contributed by atoms with Crippen LogP contribution in [0.5, 0.6) is 5.75 Å². The van der Waals surface area contributed by atoms with Crippen LogP contribution >= 0.6 is 0 Å². The molecule has 148 valence electrons. The maximum absolute atomic E-state index is 12.2. The van der Waals surface area contributed by atoms with Gasteiger partial charge < -0.3 is 19.0 Å². The quantitative estimate of drug-likeness (QED) is 0.499. The van der Waals surface area contributed by atoms with Crippen molar-refractivity contribution >= 4 is 22.6 Å². The molecule has 0 spiro atoms. The molecule has 2 aromatic heterocycles. The molecular weight excluding hydrogens is 389 g/mol. The van der Waals surface area contributed by atoms with Gasteiger partial charge in [0.15, 0.2) is 5.76 Å². The van der Waals surface area contributed by atoms with E-state index in [-0.39, 0.29) is 12.2 Å². The number of alkyl halides is 3. The van der Waals surface area contributed by atoms with Gasteiger partial charge in [-0.15, -0.1) is 13.2 Å². The van der Waals surface area contributed by atoms with Gasteiger partial charge in [0.25, 0.3) is 0 Å². The molecule has 1 amide bonds. The predicted octanol–water partition coefficient (Wildman–Crippen LogP) is 5.17. The molecule has 2 aromatic carbocycles. The molecule has 0 fully saturated rings. The van der Waals surface area contributed by atoms with Gasteiger partial charge in [-0.1, -0.05) is 23.4 Å². The summed E-state index contributed by atoms with van der Waals surface area (Å²) in [5.74, 6) is 0.102. The van der Waals surface area contributed by atoms with Crippen LogP contribution < -0.4 is 10.1 Å². The zero-order chi connectivity index (χ0) is 20.4. The highest BCUT2D eigenvalue weighted by Gasteiger charge is 2.31. The van der Waals surface area contributed by atoms with E-state index in [4.69, 9.17) is 8.94 Å². The number of nitrogens with one attached hydrogen (secondary N) is 1. The molecule has 0 saturated carbocycles.